The number of nitrogens with zero attached hydrogens (tertiary/aromatic N) is 1. The Morgan fingerprint density at radius 3 is 2.76 bits per heavy atom. The van der Waals surface area contributed by atoms with Crippen LogP contribution < -0.4 is 0 Å². The lowest BCUT2D eigenvalue weighted by atomic mass is 10.0. The molecule has 17 heavy (non-hydrogen) atoms. The van der Waals surface area contributed by atoms with E-state index in [1.165, 1.54) is 17.5 Å². The van der Waals surface area contributed by atoms with Gasteiger partial charge < -0.3 is 9.84 Å². The van der Waals surface area contributed by atoms with E-state index in [0.29, 0.717) is 19.7 Å². The zero-order valence-electron chi connectivity index (χ0n) is 10.1. The molecule has 1 unspecified atom stereocenters. The third-order valence-electron chi connectivity index (χ3n) is 2.88. The lowest BCUT2D eigenvalue weighted by Gasteiger charge is -2.31. The zero-order valence-corrected chi connectivity index (χ0v) is 10.9. The van der Waals surface area contributed by atoms with E-state index < -0.39 is 22.1 Å². The van der Waals surface area contributed by atoms with Crippen molar-refractivity contribution in [3.05, 3.63) is 0 Å². The standard InChI is InChI=1S/C10H19NO5S/c1-8(10(12)13)16-7-9-4-3-5-11(6-9)17(2,14)15/h8-9H,3-7H2,1-2H3,(H,12,13)/t8-,9?/m0/s1. The first-order valence-corrected chi connectivity index (χ1v) is 7.45. The van der Waals surface area contributed by atoms with Crippen LogP contribution in [0.3, 0.4) is 0 Å². The molecule has 7 heteroatoms. The zero-order chi connectivity index (χ0) is 13.1. The van der Waals surface area contributed by atoms with Gasteiger partial charge in [0.05, 0.1) is 12.9 Å². The fourth-order valence-electron chi connectivity index (χ4n) is 1.82. The second-order valence-corrected chi connectivity index (χ2v) is 6.43. The van der Waals surface area contributed by atoms with Crippen molar-refractivity contribution < 1.29 is 23.1 Å². The second-order valence-electron chi connectivity index (χ2n) is 4.44. The Bertz CT molecular complexity index is 367. The van der Waals surface area contributed by atoms with Crippen molar-refractivity contribution in [3.63, 3.8) is 0 Å². The molecule has 0 spiro atoms. The number of hydrogen-bond acceptors (Lipinski definition) is 4. The van der Waals surface area contributed by atoms with E-state index >= 15 is 0 Å². The summed E-state index contributed by atoms with van der Waals surface area (Å²) in [5, 5.41) is 8.66. The van der Waals surface area contributed by atoms with Crippen molar-refractivity contribution in [2.45, 2.75) is 25.9 Å². The lowest BCUT2D eigenvalue weighted by Crippen LogP contribution is -2.41. The average molecular weight is 265 g/mol. The Morgan fingerprint density at radius 2 is 2.24 bits per heavy atom. The summed E-state index contributed by atoms with van der Waals surface area (Å²) in [4.78, 5) is 10.6. The maximum Gasteiger partial charge on any atom is 0.332 e. The quantitative estimate of drug-likeness (QED) is 0.765. The van der Waals surface area contributed by atoms with Crippen molar-refractivity contribution in [2.24, 2.45) is 5.92 Å². The molecule has 1 saturated heterocycles. The fourth-order valence-corrected chi connectivity index (χ4v) is 2.76. The van der Waals surface area contributed by atoms with E-state index in [-0.39, 0.29) is 5.92 Å². The molecule has 0 aromatic rings. The molecule has 0 aliphatic carbocycles. The van der Waals surface area contributed by atoms with Gasteiger partial charge in [-0.3, -0.25) is 0 Å². The van der Waals surface area contributed by atoms with Crippen LogP contribution in [0.1, 0.15) is 19.8 Å². The molecule has 1 rings (SSSR count). The molecule has 0 amide bonds. The molecular formula is C10H19NO5S. The summed E-state index contributed by atoms with van der Waals surface area (Å²) in [5.74, 6) is -0.916. The largest absolute Gasteiger partial charge is 0.479 e. The van der Waals surface area contributed by atoms with E-state index in [0.717, 1.165) is 12.8 Å². The van der Waals surface area contributed by atoms with Gasteiger partial charge in [-0.05, 0) is 25.7 Å². The van der Waals surface area contributed by atoms with Crippen LogP contribution in [0.25, 0.3) is 0 Å². The van der Waals surface area contributed by atoms with Gasteiger partial charge >= 0.3 is 5.97 Å². The summed E-state index contributed by atoms with van der Waals surface area (Å²) in [6, 6.07) is 0. The first-order valence-electron chi connectivity index (χ1n) is 5.60. The van der Waals surface area contributed by atoms with Crippen LogP contribution in [0.2, 0.25) is 0 Å². The summed E-state index contributed by atoms with van der Waals surface area (Å²) in [6.07, 6.45) is 2.01. The van der Waals surface area contributed by atoms with E-state index in [4.69, 9.17) is 9.84 Å². The number of sulfonamides is 1. The molecule has 0 bridgehead atoms. The monoisotopic (exact) mass is 265 g/mol. The minimum absolute atomic E-state index is 0.0836. The maximum absolute atomic E-state index is 11.4. The van der Waals surface area contributed by atoms with Crippen LogP contribution in [0.5, 0.6) is 0 Å². The highest BCUT2D eigenvalue weighted by atomic mass is 32.2. The molecule has 0 aromatic heterocycles. The van der Waals surface area contributed by atoms with E-state index in [9.17, 15) is 13.2 Å². The molecule has 1 fully saturated rings. The first-order chi connectivity index (χ1) is 7.80. The van der Waals surface area contributed by atoms with Gasteiger partial charge in [-0.1, -0.05) is 0 Å². The summed E-state index contributed by atoms with van der Waals surface area (Å²) in [7, 11) is -3.15. The van der Waals surface area contributed by atoms with Crippen LogP contribution in [0.4, 0.5) is 0 Å². The average Bonchev–Trinajstić information content (AvgIpc) is 2.25. The van der Waals surface area contributed by atoms with Gasteiger partial charge in [-0.15, -0.1) is 0 Å². The number of hydrogen-bond donors (Lipinski definition) is 1. The molecule has 100 valence electrons. The number of aliphatic carboxylic acids is 1. The van der Waals surface area contributed by atoms with Gasteiger partial charge in [0.1, 0.15) is 0 Å². The van der Waals surface area contributed by atoms with Crippen molar-refractivity contribution in [2.75, 3.05) is 26.0 Å². The van der Waals surface area contributed by atoms with Gasteiger partial charge in [0.15, 0.2) is 6.10 Å². The Balaban J connectivity index is 2.43. The summed E-state index contributed by atoms with van der Waals surface area (Å²) in [5.41, 5.74) is 0. The van der Waals surface area contributed by atoms with Crippen LogP contribution in [-0.2, 0) is 19.6 Å². The molecule has 1 N–H and O–H groups in total. The predicted octanol–water partition coefficient (Wildman–Crippen LogP) is 0.148. The van der Waals surface area contributed by atoms with Gasteiger partial charge in [0.2, 0.25) is 10.0 Å². The predicted molar refractivity (Wildman–Crippen MR) is 62.2 cm³/mol. The highest BCUT2D eigenvalue weighted by molar-refractivity contribution is 7.88. The minimum Gasteiger partial charge on any atom is -0.479 e. The van der Waals surface area contributed by atoms with Gasteiger partial charge in [-0.25, -0.2) is 17.5 Å². The topological polar surface area (TPSA) is 83.9 Å². The van der Waals surface area contributed by atoms with Gasteiger partial charge in [0.25, 0.3) is 0 Å². The third kappa shape index (κ3) is 4.61. The SMILES string of the molecule is C[C@H](OCC1CCCN(S(C)(=O)=O)C1)C(=O)O. The minimum atomic E-state index is -3.15. The third-order valence-corrected chi connectivity index (χ3v) is 4.15. The molecule has 1 aliphatic heterocycles. The Hall–Kier alpha value is -0.660. The Labute approximate surface area is 102 Å². The number of ether oxygens (including phenoxy) is 1. The normalized spacial score (nSPS) is 24.5. The summed E-state index contributed by atoms with van der Waals surface area (Å²) >= 11 is 0. The molecular weight excluding hydrogens is 246 g/mol. The van der Waals surface area contributed by atoms with Crippen molar-refractivity contribution in [1.82, 2.24) is 4.31 Å². The van der Waals surface area contributed by atoms with Crippen molar-refractivity contribution in [1.29, 1.82) is 0 Å². The number of rotatable bonds is 5. The molecule has 0 aromatic carbocycles. The summed E-state index contributed by atoms with van der Waals surface area (Å²) < 4.78 is 29.3. The molecule has 0 radical (unpaired) electrons. The fraction of sp³-hybridized carbons (Fsp3) is 0.900. The number of carbonyl (C=O) groups is 1. The number of carboxylic acids is 1. The van der Waals surface area contributed by atoms with Crippen LogP contribution in [0.15, 0.2) is 0 Å². The Morgan fingerprint density at radius 1 is 1.59 bits per heavy atom. The summed E-state index contributed by atoms with van der Waals surface area (Å²) in [6.45, 7) is 2.73. The smallest absolute Gasteiger partial charge is 0.332 e. The molecule has 0 saturated carbocycles. The van der Waals surface area contributed by atoms with Crippen LogP contribution in [0, 0.1) is 5.92 Å². The van der Waals surface area contributed by atoms with Gasteiger partial charge in [0, 0.05) is 13.1 Å². The number of carboxylic acid groups (broad SMARTS) is 1. The highest BCUT2D eigenvalue weighted by Crippen LogP contribution is 2.19. The van der Waals surface area contributed by atoms with Crippen LogP contribution in [-0.4, -0.2) is 55.9 Å². The lowest BCUT2D eigenvalue weighted by molar-refractivity contribution is -0.150. The molecule has 6 nitrogen and oxygen atoms in total. The van der Waals surface area contributed by atoms with E-state index in [1.807, 2.05) is 0 Å². The molecule has 1 aliphatic rings. The maximum atomic E-state index is 11.4. The van der Waals surface area contributed by atoms with Gasteiger partial charge in [-0.2, -0.15) is 0 Å². The first kappa shape index (κ1) is 14.4. The van der Waals surface area contributed by atoms with E-state index in [1.54, 1.807) is 0 Å². The number of piperidine rings is 1. The molecule has 1 heterocycles. The van der Waals surface area contributed by atoms with E-state index in [2.05, 4.69) is 0 Å². The van der Waals surface area contributed by atoms with Crippen molar-refractivity contribution in [3.8, 4) is 0 Å². The van der Waals surface area contributed by atoms with Crippen molar-refractivity contribution >= 4 is 16.0 Å². The highest BCUT2D eigenvalue weighted by Gasteiger charge is 2.26. The second kappa shape index (κ2) is 5.79. The van der Waals surface area contributed by atoms with Crippen LogP contribution >= 0.6 is 0 Å². The molecule has 2 atom stereocenters. The Kier molecular flexibility index (Phi) is 4.91.